The van der Waals surface area contributed by atoms with Crippen LogP contribution >= 0.6 is 0 Å². The summed E-state index contributed by atoms with van der Waals surface area (Å²) in [6.07, 6.45) is 1.68. The van der Waals surface area contributed by atoms with Crippen molar-refractivity contribution in [3.63, 3.8) is 0 Å². The largest absolute Gasteiger partial charge is 0.338 e. The molecule has 18 heavy (non-hydrogen) atoms. The first-order valence-electron chi connectivity index (χ1n) is 6.32. The first-order chi connectivity index (χ1) is 8.70. The van der Waals surface area contributed by atoms with Gasteiger partial charge in [0, 0.05) is 6.42 Å². The number of aromatic nitrogens is 2. The number of nitrogens with zero attached hydrogens (tertiary/aromatic N) is 2. The van der Waals surface area contributed by atoms with E-state index in [1.54, 1.807) is 0 Å². The van der Waals surface area contributed by atoms with Crippen LogP contribution in [-0.2, 0) is 6.42 Å². The van der Waals surface area contributed by atoms with Gasteiger partial charge < -0.3 is 10.3 Å². The second-order valence-corrected chi connectivity index (χ2v) is 4.62. The predicted octanol–water partition coefficient (Wildman–Crippen LogP) is 2.71. The van der Waals surface area contributed by atoms with Crippen LogP contribution in [0.2, 0.25) is 0 Å². The summed E-state index contributed by atoms with van der Waals surface area (Å²) in [5, 5.41) is 3.98. The minimum atomic E-state index is -0.174. The summed E-state index contributed by atoms with van der Waals surface area (Å²) in [7, 11) is 0. The molecule has 1 heterocycles. The first kappa shape index (κ1) is 12.8. The second-order valence-electron chi connectivity index (χ2n) is 4.62. The van der Waals surface area contributed by atoms with Gasteiger partial charge in [0.1, 0.15) is 0 Å². The van der Waals surface area contributed by atoms with Crippen LogP contribution in [0.25, 0.3) is 0 Å². The highest BCUT2D eigenvalue weighted by molar-refractivity contribution is 5.18. The number of rotatable bonds is 5. The number of hydrogen-bond acceptors (Lipinski definition) is 4. The van der Waals surface area contributed by atoms with Crippen molar-refractivity contribution >= 4 is 0 Å². The van der Waals surface area contributed by atoms with Gasteiger partial charge >= 0.3 is 0 Å². The second kappa shape index (κ2) is 5.78. The van der Waals surface area contributed by atoms with E-state index in [9.17, 15) is 0 Å². The number of hydrogen-bond donors (Lipinski definition) is 1. The Morgan fingerprint density at radius 1 is 1.28 bits per heavy atom. The Balaban J connectivity index is 2.07. The monoisotopic (exact) mass is 245 g/mol. The van der Waals surface area contributed by atoms with Crippen molar-refractivity contribution in [3.05, 3.63) is 47.6 Å². The fraction of sp³-hybridized carbons (Fsp3) is 0.429. The summed E-state index contributed by atoms with van der Waals surface area (Å²) in [6.45, 7) is 4.19. The third-order valence-corrected chi connectivity index (χ3v) is 3.23. The van der Waals surface area contributed by atoms with Crippen molar-refractivity contribution in [1.82, 2.24) is 10.1 Å². The Morgan fingerprint density at radius 3 is 2.67 bits per heavy atom. The average Bonchev–Trinajstić information content (AvgIpc) is 2.86. The summed E-state index contributed by atoms with van der Waals surface area (Å²) < 4.78 is 5.24. The zero-order valence-electron chi connectivity index (χ0n) is 10.8. The molecule has 0 fully saturated rings. The molecule has 0 saturated carbocycles. The Morgan fingerprint density at radius 2 is 2.00 bits per heavy atom. The molecule has 2 N–H and O–H groups in total. The molecule has 96 valence electrons. The lowest BCUT2D eigenvalue weighted by Gasteiger charge is -2.12. The molecule has 0 aliphatic heterocycles. The summed E-state index contributed by atoms with van der Waals surface area (Å²) in [4.78, 5) is 4.37. The summed E-state index contributed by atoms with van der Waals surface area (Å²) in [6, 6.07) is 9.91. The fourth-order valence-electron chi connectivity index (χ4n) is 1.75. The van der Waals surface area contributed by atoms with E-state index in [-0.39, 0.29) is 6.04 Å². The van der Waals surface area contributed by atoms with Crippen molar-refractivity contribution in [1.29, 1.82) is 0 Å². The SMILES string of the molecule is CCC(C)[C@H](N)c1nc(Cc2ccccc2)no1. The molecule has 2 rings (SSSR count). The van der Waals surface area contributed by atoms with Crippen molar-refractivity contribution in [2.24, 2.45) is 11.7 Å². The van der Waals surface area contributed by atoms with Crippen LogP contribution in [0.5, 0.6) is 0 Å². The van der Waals surface area contributed by atoms with Crippen LogP contribution in [0.3, 0.4) is 0 Å². The molecule has 1 unspecified atom stereocenters. The lowest BCUT2D eigenvalue weighted by atomic mass is 10.0. The molecule has 4 nitrogen and oxygen atoms in total. The smallest absolute Gasteiger partial charge is 0.243 e. The maximum Gasteiger partial charge on any atom is 0.243 e. The fourth-order valence-corrected chi connectivity index (χ4v) is 1.75. The van der Waals surface area contributed by atoms with Crippen LogP contribution in [0, 0.1) is 5.92 Å². The molecule has 1 aromatic carbocycles. The third-order valence-electron chi connectivity index (χ3n) is 3.23. The van der Waals surface area contributed by atoms with E-state index in [1.807, 2.05) is 30.3 Å². The Bertz CT molecular complexity index is 481. The maximum absolute atomic E-state index is 6.06. The number of benzene rings is 1. The quantitative estimate of drug-likeness (QED) is 0.879. The molecular weight excluding hydrogens is 226 g/mol. The molecule has 0 bridgehead atoms. The molecule has 1 aromatic heterocycles. The summed E-state index contributed by atoms with van der Waals surface area (Å²) in [5.74, 6) is 1.57. The Hall–Kier alpha value is -1.68. The minimum Gasteiger partial charge on any atom is -0.338 e. The van der Waals surface area contributed by atoms with Crippen LogP contribution in [0.15, 0.2) is 34.9 Å². The highest BCUT2D eigenvalue weighted by atomic mass is 16.5. The lowest BCUT2D eigenvalue weighted by molar-refractivity contribution is 0.310. The lowest BCUT2D eigenvalue weighted by Crippen LogP contribution is -2.18. The van der Waals surface area contributed by atoms with Gasteiger partial charge in [-0.05, 0) is 11.5 Å². The van der Waals surface area contributed by atoms with E-state index in [0.717, 1.165) is 6.42 Å². The Labute approximate surface area is 107 Å². The van der Waals surface area contributed by atoms with Crippen molar-refractivity contribution < 1.29 is 4.52 Å². The average molecular weight is 245 g/mol. The minimum absolute atomic E-state index is 0.174. The third kappa shape index (κ3) is 2.96. The molecule has 2 atom stereocenters. The highest BCUT2D eigenvalue weighted by Gasteiger charge is 2.19. The zero-order chi connectivity index (χ0) is 13.0. The van der Waals surface area contributed by atoms with Gasteiger partial charge in [-0.3, -0.25) is 0 Å². The molecular formula is C14H19N3O. The van der Waals surface area contributed by atoms with E-state index in [1.165, 1.54) is 5.56 Å². The standard InChI is InChI=1S/C14H19N3O/c1-3-10(2)13(15)14-16-12(17-18-14)9-11-7-5-4-6-8-11/h4-8,10,13H,3,9,15H2,1-2H3/t10?,13-/m0/s1. The Kier molecular flexibility index (Phi) is 4.10. The molecule has 0 saturated heterocycles. The highest BCUT2D eigenvalue weighted by Crippen LogP contribution is 2.20. The maximum atomic E-state index is 6.06. The van der Waals surface area contributed by atoms with E-state index < -0.39 is 0 Å². The van der Waals surface area contributed by atoms with Crippen molar-refractivity contribution in [3.8, 4) is 0 Å². The van der Waals surface area contributed by atoms with Crippen molar-refractivity contribution in [2.75, 3.05) is 0 Å². The van der Waals surface area contributed by atoms with Crippen LogP contribution in [-0.4, -0.2) is 10.1 Å². The van der Waals surface area contributed by atoms with Crippen LogP contribution in [0.4, 0.5) is 0 Å². The van der Waals surface area contributed by atoms with E-state index in [2.05, 4.69) is 24.0 Å². The molecule has 0 spiro atoms. The topological polar surface area (TPSA) is 64.9 Å². The van der Waals surface area contributed by atoms with Gasteiger partial charge in [-0.25, -0.2) is 0 Å². The molecule has 2 aromatic rings. The van der Waals surface area contributed by atoms with Gasteiger partial charge in [0.15, 0.2) is 5.82 Å². The van der Waals surface area contributed by atoms with Crippen LogP contribution in [0.1, 0.15) is 43.6 Å². The van der Waals surface area contributed by atoms with Gasteiger partial charge in [-0.15, -0.1) is 0 Å². The molecule has 0 aliphatic rings. The molecule has 0 amide bonds. The van der Waals surface area contributed by atoms with Gasteiger partial charge in [-0.2, -0.15) is 4.98 Å². The summed E-state index contributed by atoms with van der Waals surface area (Å²) in [5.41, 5.74) is 7.23. The van der Waals surface area contributed by atoms with Gasteiger partial charge in [0.2, 0.25) is 5.89 Å². The zero-order valence-corrected chi connectivity index (χ0v) is 10.8. The van der Waals surface area contributed by atoms with Gasteiger partial charge in [0.05, 0.1) is 6.04 Å². The van der Waals surface area contributed by atoms with E-state index in [4.69, 9.17) is 10.3 Å². The van der Waals surface area contributed by atoms with E-state index >= 15 is 0 Å². The van der Waals surface area contributed by atoms with Gasteiger partial charge in [-0.1, -0.05) is 55.8 Å². The number of nitrogens with two attached hydrogens (primary N) is 1. The van der Waals surface area contributed by atoms with Crippen molar-refractivity contribution in [2.45, 2.75) is 32.7 Å². The first-order valence-corrected chi connectivity index (χ1v) is 6.32. The van der Waals surface area contributed by atoms with Gasteiger partial charge in [0.25, 0.3) is 0 Å². The molecule has 0 aliphatic carbocycles. The molecule has 0 radical (unpaired) electrons. The summed E-state index contributed by atoms with van der Waals surface area (Å²) >= 11 is 0. The predicted molar refractivity (Wildman–Crippen MR) is 69.9 cm³/mol. The molecule has 4 heteroatoms. The van der Waals surface area contributed by atoms with E-state index in [0.29, 0.717) is 24.1 Å². The van der Waals surface area contributed by atoms with Crippen LogP contribution < -0.4 is 5.73 Å². The normalized spacial score (nSPS) is 14.4.